The number of likely N-dealkylation sites (N-methyl/N-ethyl adjacent to an activating group) is 1. The molecule has 174 valence electrons. The average molecular weight is 454 g/mol. The number of rotatable bonds is 5. The van der Waals surface area contributed by atoms with Crippen LogP contribution in [0.1, 0.15) is 15.9 Å². The quantitative estimate of drug-likeness (QED) is 0.488. The minimum Gasteiger partial charge on any atom is -0.346 e. The minimum absolute atomic E-state index is 0.00262. The SMILES string of the molecule is CN1CCN(Cc2ccc(-c3cnc4[nH]cc(-c5cccc(C(=O)N(C)C)c5)c4c3)cc2)CC1. The number of aromatic amines is 1. The number of hydrogen-bond acceptors (Lipinski definition) is 4. The van der Waals surface area contributed by atoms with Gasteiger partial charge in [0.25, 0.3) is 5.91 Å². The van der Waals surface area contributed by atoms with E-state index < -0.39 is 0 Å². The average Bonchev–Trinajstić information content (AvgIpc) is 3.29. The fourth-order valence-corrected chi connectivity index (χ4v) is 4.54. The van der Waals surface area contributed by atoms with E-state index in [0.29, 0.717) is 5.56 Å². The van der Waals surface area contributed by atoms with E-state index in [4.69, 9.17) is 0 Å². The molecule has 1 fully saturated rings. The third-order valence-electron chi connectivity index (χ3n) is 6.65. The largest absolute Gasteiger partial charge is 0.346 e. The van der Waals surface area contributed by atoms with Gasteiger partial charge in [0, 0.05) is 81.3 Å². The number of amides is 1. The summed E-state index contributed by atoms with van der Waals surface area (Å²) in [6.45, 7) is 5.51. The van der Waals surface area contributed by atoms with E-state index in [-0.39, 0.29) is 5.91 Å². The molecule has 1 amide bonds. The van der Waals surface area contributed by atoms with Gasteiger partial charge in [-0.05, 0) is 41.9 Å². The Labute approximate surface area is 200 Å². The van der Waals surface area contributed by atoms with E-state index in [0.717, 1.165) is 66.0 Å². The van der Waals surface area contributed by atoms with Crippen molar-refractivity contribution < 1.29 is 4.79 Å². The lowest BCUT2D eigenvalue weighted by molar-refractivity contribution is 0.0827. The Morgan fingerprint density at radius 2 is 1.74 bits per heavy atom. The van der Waals surface area contributed by atoms with Crippen molar-refractivity contribution in [3.05, 3.63) is 78.1 Å². The number of aromatic nitrogens is 2. The van der Waals surface area contributed by atoms with Crippen LogP contribution in [0.25, 0.3) is 33.3 Å². The number of pyridine rings is 1. The molecule has 1 N–H and O–H groups in total. The highest BCUT2D eigenvalue weighted by Crippen LogP contribution is 2.31. The van der Waals surface area contributed by atoms with Crippen LogP contribution in [0.5, 0.6) is 0 Å². The summed E-state index contributed by atoms with van der Waals surface area (Å²) in [5.41, 5.74) is 7.14. The summed E-state index contributed by atoms with van der Waals surface area (Å²) in [4.78, 5) is 26.9. The number of hydrogen-bond donors (Lipinski definition) is 1. The predicted molar refractivity (Wildman–Crippen MR) is 138 cm³/mol. The van der Waals surface area contributed by atoms with Gasteiger partial charge in [-0.15, -0.1) is 0 Å². The second-order valence-electron chi connectivity index (χ2n) is 9.38. The van der Waals surface area contributed by atoms with Gasteiger partial charge in [-0.25, -0.2) is 4.98 Å². The van der Waals surface area contributed by atoms with Gasteiger partial charge < -0.3 is 14.8 Å². The Hall–Kier alpha value is -3.48. The number of benzene rings is 2. The second-order valence-corrected chi connectivity index (χ2v) is 9.38. The highest BCUT2D eigenvalue weighted by Gasteiger charge is 2.15. The molecule has 4 aromatic rings. The lowest BCUT2D eigenvalue weighted by Crippen LogP contribution is -2.43. The maximum absolute atomic E-state index is 12.4. The van der Waals surface area contributed by atoms with Crippen LogP contribution in [0, 0.1) is 0 Å². The van der Waals surface area contributed by atoms with Crippen molar-refractivity contribution in [1.29, 1.82) is 0 Å². The fourth-order valence-electron chi connectivity index (χ4n) is 4.54. The number of nitrogens with one attached hydrogen (secondary N) is 1. The Balaban J connectivity index is 1.40. The van der Waals surface area contributed by atoms with Crippen molar-refractivity contribution in [2.75, 3.05) is 47.3 Å². The van der Waals surface area contributed by atoms with Crippen LogP contribution in [0.3, 0.4) is 0 Å². The first-order valence-electron chi connectivity index (χ1n) is 11.8. The molecule has 3 heterocycles. The maximum Gasteiger partial charge on any atom is 0.253 e. The van der Waals surface area contributed by atoms with E-state index in [1.165, 1.54) is 5.56 Å². The highest BCUT2D eigenvalue weighted by atomic mass is 16.2. The van der Waals surface area contributed by atoms with Gasteiger partial charge >= 0.3 is 0 Å². The molecule has 5 rings (SSSR count). The molecule has 2 aromatic heterocycles. The van der Waals surface area contributed by atoms with Gasteiger partial charge in [0.2, 0.25) is 0 Å². The lowest BCUT2D eigenvalue weighted by atomic mass is 10.00. The fraction of sp³-hybridized carbons (Fsp3) is 0.286. The third-order valence-corrected chi connectivity index (χ3v) is 6.65. The van der Waals surface area contributed by atoms with Crippen molar-refractivity contribution in [3.8, 4) is 22.3 Å². The first-order valence-corrected chi connectivity index (χ1v) is 11.8. The van der Waals surface area contributed by atoms with Crippen LogP contribution in [-0.4, -0.2) is 77.9 Å². The molecular weight excluding hydrogens is 422 g/mol. The summed E-state index contributed by atoms with van der Waals surface area (Å²) in [6, 6.07) is 18.8. The Morgan fingerprint density at radius 1 is 0.971 bits per heavy atom. The van der Waals surface area contributed by atoms with Gasteiger partial charge in [0.1, 0.15) is 5.65 Å². The summed E-state index contributed by atoms with van der Waals surface area (Å²) in [5, 5.41) is 1.05. The smallest absolute Gasteiger partial charge is 0.253 e. The zero-order valence-corrected chi connectivity index (χ0v) is 20.1. The predicted octanol–water partition coefficient (Wildman–Crippen LogP) is 4.35. The van der Waals surface area contributed by atoms with Crippen molar-refractivity contribution in [2.24, 2.45) is 0 Å². The molecule has 6 heteroatoms. The molecule has 0 radical (unpaired) electrons. The summed E-state index contributed by atoms with van der Waals surface area (Å²) >= 11 is 0. The van der Waals surface area contributed by atoms with E-state index in [2.05, 4.69) is 57.1 Å². The zero-order chi connectivity index (χ0) is 23.7. The van der Waals surface area contributed by atoms with E-state index >= 15 is 0 Å². The van der Waals surface area contributed by atoms with Gasteiger partial charge in [-0.3, -0.25) is 9.69 Å². The normalized spacial score (nSPS) is 15.0. The molecule has 2 aromatic carbocycles. The molecule has 1 aliphatic heterocycles. The van der Waals surface area contributed by atoms with Crippen molar-refractivity contribution in [1.82, 2.24) is 24.7 Å². The van der Waals surface area contributed by atoms with Crippen LogP contribution in [0.15, 0.2) is 67.0 Å². The minimum atomic E-state index is -0.00262. The Morgan fingerprint density at radius 3 is 2.47 bits per heavy atom. The summed E-state index contributed by atoms with van der Waals surface area (Å²) in [5.74, 6) is -0.00262. The number of H-pyrrole nitrogens is 1. The zero-order valence-electron chi connectivity index (χ0n) is 20.1. The standard InChI is InChI=1S/C28H31N5O/c1-31(2)28(34)23-6-4-5-22(15-23)26-18-30-27-25(26)16-24(17-29-27)21-9-7-20(8-10-21)19-33-13-11-32(3)12-14-33/h4-10,15-18H,11-14,19H2,1-3H3,(H,29,30). The molecule has 0 saturated carbocycles. The van der Waals surface area contributed by atoms with Crippen molar-refractivity contribution >= 4 is 16.9 Å². The maximum atomic E-state index is 12.4. The molecule has 0 atom stereocenters. The topological polar surface area (TPSA) is 55.5 Å². The van der Waals surface area contributed by atoms with Gasteiger partial charge in [-0.2, -0.15) is 0 Å². The third kappa shape index (κ3) is 4.60. The molecule has 6 nitrogen and oxygen atoms in total. The Bertz CT molecular complexity index is 1300. The molecule has 1 aliphatic rings. The number of fused-ring (bicyclic) bond motifs is 1. The highest BCUT2D eigenvalue weighted by molar-refractivity contribution is 5.99. The van der Waals surface area contributed by atoms with Crippen LogP contribution in [0.2, 0.25) is 0 Å². The monoisotopic (exact) mass is 453 g/mol. The van der Waals surface area contributed by atoms with Gasteiger partial charge in [-0.1, -0.05) is 36.4 Å². The summed E-state index contributed by atoms with van der Waals surface area (Å²) in [6.07, 6.45) is 3.89. The van der Waals surface area contributed by atoms with E-state index in [9.17, 15) is 4.79 Å². The molecule has 0 bridgehead atoms. The van der Waals surface area contributed by atoms with Crippen LogP contribution in [0.4, 0.5) is 0 Å². The molecule has 1 saturated heterocycles. The molecule has 0 spiro atoms. The second kappa shape index (κ2) is 9.41. The number of piperazine rings is 1. The lowest BCUT2D eigenvalue weighted by Gasteiger charge is -2.32. The number of carbonyl (C=O) groups is 1. The van der Waals surface area contributed by atoms with Gasteiger partial charge in [0.05, 0.1) is 0 Å². The molecule has 34 heavy (non-hydrogen) atoms. The molecular formula is C28H31N5O. The number of nitrogens with zero attached hydrogens (tertiary/aromatic N) is 4. The molecule has 0 aliphatic carbocycles. The van der Waals surface area contributed by atoms with E-state index in [1.807, 2.05) is 36.7 Å². The molecule has 0 unspecified atom stereocenters. The Kier molecular flexibility index (Phi) is 6.18. The van der Waals surface area contributed by atoms with Crippen molar-refractivity contribution in [3.63, 3.8) is 0 Å². The summed E-state index contributed by atoms with van der Waals surface area (Å²) in [7, 11) is 5.73. The van der Waals surface area contributed by atoms with Gasteiger partial charge in [0.15, 0.2) is 0 Å². The van der Waals surface area contributed by atoms with Crippen LogP contribution >= 0.6 is 0 Å². The van der Waals surface area contributed by atoms with E-state index in [1.54, 1.807) is 19.0 Å². The summed E-state index contributed by atoms with van der Waals surface area (Å²) < 4.78 is 0. The van der Waals surface area contributed by atoms with Crippen LogP contribution in [-0.2, 0) is 6.54 Å². The van der Waals surface area contributed by atoms with Crippen LogP contribution < -0.4 is 0 Å². The van der Waals surface area contributed by atoms with Crippen molar-refractivity contribution in [2.45, 2.75) is 6.54 Å². The first kappa shape index (κ1) is 22.3. The number of carbonyl (C=O) groups excluding carboxylic acids is 1. The first-order chi connectivity index (χ1) is 16.5.